The fraction of sp³-hybridized carbons (Fsp3) is 0.292. The first-order valence-corrected chi connectivity index (χ1v) is 10.5. The third kappa shape index (κ3) is 4.77. The third-order valence-electron chi connectivity index (χ3n) is 5.22. The average Bonchev–Trinajstić information content (AvgIpc) is 2.79. The molecule has 31 heavy (non-hydrogen) atoms. The summed E-state index contributed by atoms with van der Waals surface area (Å²) in [6.07, 6.45) is 2.48. The first-order valence-electron chi connectivity index (χ1n) is 10.5. The molecule has 0 atom stereocenters. The van der Waals surface area contributed by atoms with Crippen molar-refractivity contribution in [3.8, 4) is 0 Å². The smallest absolute Gasteiger partial charge is 0.338 e. The van der Waals surface area contributed by atoms with Gasteiger partial charge in [0.15, 0.2) is 11.6 Å². The van der Waals surface area contributed by atoms with Crippen LogP contribution in [0.15, 0.2) is 54.9 Å². The van der Waals surface area contributed by atoms with Crippen molar-refractivity contribution in [1.82, 2.24) is 9.97 Å². The molecule has 3 N–H and O–H groups in total. The lowest BCUT2D eigenvalue weighted by Crippen LogP contribution is -2.31. The van der Waals surface area contributed by atoms with Gasteiger partial charge in [0.05, 0.1) is 12.2 Å². The Hall–Kier alpha value is -3.61. The van der Waals surface area contributed by atoms with Crippen molar-refractivity contribution < 1.29 is 9.53 Å². The Balaban J connectivity index is 1.47. The van der Waals surface area contributed by atoms with E-state index in [0.717, 1.165) is 31.0 Å². The van der Waals surface area contributed by atoms with E-state index in [0.29, 0.717) is 29.6 Å². The van der Waals surface area contributed by atoms with Gasteiger partial charge in [0.1, 0.15) is 12.0 Å². The Bertz CT molecular complexity index is 1070. The molecule has 1 aromatic heterocycles. The maximum atomic E-state index is 12.1. The minimum Gasteiger partial charge on any atom is -0.462 e. The van der Waals surface area contributed by atoms with Crippen LogP contribution in [0.1, 0.15) is 35.3 Å². The molecular weight excluding hydrogens is 390 g/mol. The summed E-state index contributed by atoms with van der Waals surface area (Å²) >= 11 is 0. The number of carbonyl (C=O) groups is 1. The number of esters is 1. The molecule has 3 aromatic rings. The summed E-state index contributed by atoms with van der Waals surface area (Å²) in [7, 11) is 0. The Morgan fingerprint density at radius 2 is 1.87 bits per heavy atom. The predicted octanol–water partition coefficient (Wildman–Crippen LogP) is 4.18. The molecule has 0 aliphatic carbocycles. The van der Waals surface area contributed by atoms with Crippen molar-refractivity contribution in [1.29, 1.82) is 0 Å². The summed E-state index contributed by atoms with van der Waals surface area (Å²) in [4.78, 5) is 23.0. The fourth-order valence-electron chi connectivity index (χ4n) is 3.57. The van der Waals surface area contributed by atoms with Gasteiger partial charge in [-0.25, -0.2) is 14.8 Å². The molecule has 0 saturated heterocycles. The fourth-order valence-corrected chi connectivity index (χ4v) is 3.57. The van der Waals surface area contributed by atoms with Crippen LogP contribution in [0.3, 0.4) is 0 Å². The van der Waals surface area contributed by atoms with E-state index >= 15 is 0 Å². The molecule has 2 heterocycles. The van der Waals surface area contributed by atoms with E-state index < -0.39 is 0 Å². The normalized spacial score (nSPS) is 13.1. The summed E-state index contributed by atoms with van der Waals surface area (Å²) < 4.78 is 5.27. The van der Waals surface area contributed by atoms with Crippen molar-refractivity contribution in [3.05, 3.63) is 71.5 Å². The lowest BCUT2D eigenvalue weighted by atomic mass is 10.00. The Morgan fingerprint density at radius 1 is 1.13 bits per heavy atom. The van der Waals surface area contributed by atoms with Gasteiger partial charge in [-0.1, -0.05) is 38.1 Å². The zero-order valence-electron chi connectivity index (χ0n) is 17.8. The van der Waals surface area contributed by atoms with Gasteiger partial charge in [0.25, 0.3) is 0 Å². The first-order chi connectivity index (χ1) is 15.0. The van der Waals surface area contributed by atoms with Gasteiger partial charge >= 0.3 is 5.97 Å². The van der Waals surface area contributed by atoms with Crippen LogP contribution in [0, 0.1) is 5.92 Å². The van der Waals surface area contributed by atoms with E-state index in [1.54, 1.807) is 12.1 Å². The SMILES string of the molecule is CC(C)COC(=O)c1ccc(Nc2ncnc(N3CCc4ccccc4C3)c2N)cc1. The summed E-state index contributed by atoms with van der Waals surface area (Å²) in [5.41, 5.74) is 10.9. The summed E-state index contributed by atoms with van der Waals surface area (Å²) in [6.45, 7) is 6.03. The Labute approximate surface area is 182 Å². The summed E-state index contributed by atoms with van der Waals surface area (Å²) in [6, 6.07) is 15.5. The van der Waals surface area contributed by atoms with Crippen molar-refractivity contribution in [2.75, 3.05) is 29.1 Å². The number of aromatic nitrogens is 2. The van der Waals surface area contributed by atoms with E-state index in [1.165, 1.54) is 17.5 Å². The van der Waals surface area contributed by atoms with E-state index in [4.69, 9.17) is 10.5 Å². The van der Waals surface area contributed by atoms with Crippen molar-refractivity contribution in [2.45, 2.75) is 26.8 Å². The van der Waals surface area contributed by atoms with Gasteiger partial charge in [-0.15, -0.1) is 0 Å². The van der Waals surface area contributed by atoms with Crippen LogP contribution in [0.5, 0.6) is 0 Å². The Kier molecular flexibility index (Phi) is 6.02. The molecule has 0 spiro atoms. The zero-order valence-corrected chi connectivity index (χ0v) is 17.8. The molecular formula is C24H27N5O2. The number of ether oxygens (including phenoxy) is 1. The molecule has 0 fully saturated rings. The molecule has 7 nitrogen and oxygen atoms in total. The minimum atomic E-state index is -0.325. The molecule has 2 aromatic carbocycles. The third-order valence-corrected chi connectivity index (χ3v) is 5.22. The second-order valence-electron chi connectivity index (χ2n) is 8.09. The van der Waals surface area contributed by atoms with Crippen LogP contribution in [-0.4, -0.2) is 29.1 Å². The van der Waals surface area contributed by atoms with Crippen LogP contribution >= 0.6 is 0 Å². The number of carbonyl (C=O) groups excluding carboxylic acids is 1. The summed E-state index contributed by atoms with van der Waals surface area (Å²) in [5, 5.41) is 3.23. The van der Waals surface area contributed by atoms with Gasteiger partial charge in [-0.3, -0.25) is 0 Å². The monoisotopic (exact) mass is 417 g/mol. The highest BCUT2D eigenvalue weighted by atomic mass is 16.5. The highest BCUT2D eigenvalue weighted by Crippen LogP contribution is 2.31. The van der Waals surface area contributed by atoms with E-state index in [1.807, 2.05) is 26.0 Å². The average molecular weight is 418 g/mol. The molecule has 0 unspecified atom stereocenters. The maximum absolute atomic E-state index is 12.1. The number of fused-ring (bicyclic) bond motifs is 1. The number of nitrogen functional groups attached to an aromatic ring is 1. The van der Waals surface area contributed by atoms with Gasteiger partial charge in [0.2, 0.25) is 0 Å². The first kappa shape index (κ1) is 20.7. The maximum Gasteiger partial charge on any atom is 0.338 e. The number of anilines is 4. The minimum absolute atomic E-state index is 0.299. The molecule has 4 rings (SSSR count). The van der Waals surface area contributed by atoms with Crippen LogP contribution < -0.4 is 16.0 Å². The quantitative estimate of drug-likeness (QED) is 0.581. The lowest BCUT2D eigenvalue weighted by Gasteiger charge is -2.30. The molecule has 7 heteroatoms. The highest BCUT2D eigenvalue weighted by Gasteiger charge is 2.20. The van der Waals surface area contributed by atoms with Gasteiger partial charge in [-0.2, -0.15) is 0 Å². The molecule has 0 radical (unpaired) electrons. The number of nitrogens with zero attached hydrogens (tertiary/aromatic N) is 3. The summed E-state index contributed by atoms with van der Waals surface area (Å²) in [5.74, 6) is 1.24. The molecule has 0 bridgehead atoms. The zero-order chi connectivity index (χ0) is 21.8. The standard InChI is InChI=1S/C24H27N5O2/c1-16(2)14-31-24(30)18-7-9-20(10-8-18)28-22-21(25)23(27-15-26-22)29-12-11-17-5-3-4-6-19(17)13-29/h3-10,15-16H,11-14,25H2,1-2H3,(H,26,27,28). The predicted molar refractivity (Wildman–Crippen MR) is 122 cm³/mol. The van der Waals surface area contributed by atoms with Crippen LogP contribution in [0.2, 0.25) is 0 Å². The van der Waals surface area contributed by atoms with Gasteiger partial charge in [0, 0.05) is 18.8 Å². The molecule has 0 amide bonds. The number of hydrogen-bond acceptors (Lipinski definition) is 7. The highest BCUT2D eigenvalue weighted by molar-refractivity contribution is 5.90. The van der Waals surface area contributed by atoms with Crippen LogP contribution in [-0.2, 0) is 17.7 Å². The number of rotatable bonds is 6. The molecule has 1 aliphatic rings. The van der Waals surface area contributed by atoms with Crippen LogP contribution in [0.4, 0.5) is 23.0 Å². The number of nitrogens with two attached hydrogens (primary N) is 1. The van der Waals surface area contributed by atoms with E-state index in [-0.39, 0.29) is 5.97 Å². The second-order valence-corrected chi connectivity index (χ2v) is 8.09. The molecule has 0 saturated carbocycles. The van der Waals surface area contributed by atoms with Crippen LogP contribution in [0.25, 0.3) is 0 Å². The van der Waals surface area contributed by atoms with E-state index in [2.05, 4.69) is 44.5 Å². The van der Waals surface area contributed by atoms with Crippen molar-refractivity contribution in [3.63, 3.8) is 0 Å². The topological polar surface area (TPSA) is 93.4 Å². The lowest BCUT2D eigenvalue weighted by molar-refractivity contribution is 0.0459. The number of benzene rings is 2. The Morgan fingerprint density at radius 3 is 2.61 bits per heavy atom. The van der Waals surface area contributed by atoms with Crippen molar-refractivity contribution in [2.24, 2.45) is 5.92 Å². The molecule has 160 valence electrons. The van der Waals surface area contributed by atoms with E-state index in [9.17, 15) is 4.79 Å². The number of hydrogen-bond donors (Lipinski definition) is 2. The largest absolute Gasteiger partial charge is 0.462 e. The van der Waals surface area contributed by atoms with Gasteiger partial charge in [-0.05, 0) is 47.7 Å². The number of nitrogens with one attached hydrogen (secondary N) is 1. The van der Waals surface area contributed by atoms with Gasteiger partial charge < -0.3 is 20.7 Å². The second kappa shape index (κ2) is 9.04. The molecule has 1 aliphatic heterocycles. The van der Waals surface area contributed by atoms with Crippen molar-refractivity contribution >= 4 is 29.0 Å².